The zero-order valence-corrected chi connectivity index (χ0v) is 17.6. The van der Waals surface area contributed by atoms with Gasteiger partial charge in [0, 0.05) is 62.5 Å². The van der Waals surface area contributed by atoms with Crippen molar-refractivity contribution in [1.29, 1.82) is 0 Å². The normalized spacial score (nSPS) is 16.3. The van der Waals surface area contributed by atoms with E-state index in [1.165, 1.54) is 0 Å². The first kappa shape index (κ1) is 19.6. The molecule has 2 amide bonds. The van der Waals surface area contributed by atoms with Crippen molar-refractivity contribution in [1.82, 2.24) is 14.8 Å². The first-order chi connectivity index (χ1) is 14.0. The summed E-state index contributed by atoms with van der Waals surface area (Å²) in [7, 11) is 1.86. The zero-order valence-electron chi connectivity index (χ0n) is 16.8. The second-order valence-electron chi connectivity index (χ2n) is 7.59. The first-order valence-electron chi connectivity index (χ1n) is 9.97. The molecule has 1 aromatic carbocycles. The number of amides is 2. The number of hydrogen-bond acceptors (Lipinski definition) is 4. The zero-order chi connectivity index (χ0) is 20.4. The maximum absolute atomic E-state index is 13.4. The van der Waals surface area contributed by atoms with Gasteiger partial charge < -0.3 is 9.80 Å². The van der Waals surface area contributed by atoms with Gasteiger partial charge in [0.15, 0.2) is 0 Å². The Bertz CT molecular complexity index is 1030. The van der Waals surface area contributed by atoms with Crippen LogP contribution in [0.3, 0.4) is 0 Å². The van der Waals surface area contributed by atoms with Gasteiger partial charge in [0.05, 0.1) is 4.88 Å². The number of thiophene rings is 1. The van der Waals surface area contributed by atoms with E-state index in [9.17, 15) is 9.59 Å². The molecule has 0 radical (unpaired) electrons. The van der Waals surface area contributed by atoms with E-state index in [-0.39, 0.29) is 17.7 Å². The fourth-order valence-corrected chi connectivity index (χ4v) is 5.30. The van der Waals surface area contributed by atoms with E-state index in [1.54, 1.807) is 29.4 Å². The minimum Gasteiger partial charge on any atom is -0.342 e. The molecule has 0 saturated carbocycles. The number of benzene rings is 1. The second-order valence-corrected chi connectivity index (χ2v) is 8.64. The number of hydrogen-bond donors (Lipinski definition) is 0. The van der Waals surface area contributed by atoms with Crippen LogP contribution < -0.4 is 0 Å². The number of pyridine rings is 1. The Balaban J connectivity index is 1.61. The van der Waals surface area contributed by atoms with Crippen LogP contribution in [0.2, 0.25) is 0 Å². The van der Waals surface area contributed by atoms with Crippen LogP contribution in [-0.2, 0) is 11.2 Å². The number of likely N-dealkylation sites (tertiary alicyclic amines) is 1. The van der Waals surface area contributed by atoms with E-state index >= 15 is 0 Å². The summed E-state index contributed by atoms with van der Waals surface area (Å²) in [5.74, 6) is 0.365. The highest BCUT2D eigenvalue weighted by Crippen LogP contribution is 2.40. The molecule has 6 heteroatoms. The van der Waals surface area contributed by atoms with Crippen molar-refractivity contribution in [3.8, 4) is 0 Å². The van der Waals surface area contributed by atoms with Crippen molar-refractivity contribution in [3.63, 3.8) is 0 Å². The highest BCUT2D eigenvalue weighted by atomic mass is 32.1. The summed E-state index contributed by atoms with van der Waals surface area (Å²) in [5, 5.41) is 1.15. The Morgan fingerprint density at radius 3 is 2.72 bits per heavy atom. The molecule has 1 fully saturated rings. The van der Waals surface area contributed by atoms with Gasteiger partial charge in [0.25, 0.3) is 5.91 Å². The quantitative estimate of drug-likeness (QED) is 0.644. The Labute approximate surface area is 175 Å². The molecule has 1 aliphatic heterocycles. The topological polar surface area (TPSA) is 53.5 Å². The van der Waals surface area contributed by atoms with Crippen molar-refractivity contribution >= 4 is 33.2 Å². The fraction of sp³-hybridized carbons (Fsp3) is 0.348. The van der Waals surface area contributed by atoms with E-state index < -0.39 is 0 Å². The molecule has 0 aliphatic carbocycles. The molecule has 5 nitrogen and oxygen atoms in total. The van der Waals surface area contributed by atoms with E-state index in [2.05, 4.69) is 17.1 Å². The Morgan fingerprint density at radius 1 is 1.21 bits per heavy atom. The van der Waals surface area contributed by atoms with E-state index in [4.69, 9.17) is 0 Å². The van der Waals surface area contributed by atoms with Gasteiger partial charge in [0.1, 0.15) is 0 Å². The summed E-state index contributed by atoms with van der Waals surface area (Å²) < 4.78 is 1.13. The van der Waals surface area contributed by atoms with Gasteiger partial charge in [-0.2, -0.15) is 0 Å². The molecule has 1 aliphatic rings. The van der Waals surface area contributed by atoms with Crippen molar-refractivity contribution in [2.24, 2.45) is 0 Å². The monoisotopic (exact) mass is 407 g/mol. The summed E-state index contributed by atoms with van der Waals surface area (Å²) in [6, 6.07) is 14.1. The van der Waals surface area contributed by atoms with Crippen LogP contribution in [0.25, 0.3) is 10.1 Å². The van der Waals surface area contributed by atoms with Crippen LogP contribution in [-0.4, -0.2) is 53.3 Å². The predicted octanol–water partition coefficient (Wildman–Crippen LogP) is 3.95. The van der Waals surface area contributed by atoms with Crippen LogP contribution in [0, 0.1) is 0 Å². The number of aromatic nitrogens is 1. The van der Waals surface area contributed by atoms with Crippen LogP contribution in [0.5, 0.6) is 0 Å². The number of nitrogens with zero attached hydrogens (tertiary/aromatic N) is 3. The van der Waals surface area contributed by atoms with Gasteiger partial charge in [-0.25, -0.2) is 0 Å². The Morgan fingerprint density at radius 2 is 2.00 bits per heavy atom. The fourth-order valence-electron chi connectivity index (χ4n) is 4.01. The summed E-state index contributed by atoms with van der Waals surface area (Å²) in [5.41, 5.74) is 2.10. The summed E-state index contributed by atoms with van der Waals surface area (Å²) in [6.45, 7) is 3.68. The van der Waals surface area contributed by atoms with Crippen molar-refractivity contribution in [2.75, 3.05) is 26.7 Å². The molecule has 0 N–H and O–H groups in total. The minimum absolute atomic E-state index is 0.0541. The van der Waals surface area contributed by atoms with Crippen LogP contribution >= 0.6 is 11.3 Å². The maximum Gasteiger partial charge on any atom is 0.264 e. The van der Waals surface area contributed by atoms with Crippen LogP contribution in [0.4, 0.5) is 0 Å². The minimum atomic E-state index is 0.0541. The van der Waals surface area contributed by atoms with E-state index in [1.807, 2.05) is 42.3 Å². The average Bonchev–Trinajstić information content (AvgIpc) is 3.36. The predicted molar refractivity (Wildman–Crippen MR) is 116 cm³/mol. The molecule has 1 atom stereocenters. The Hall–Kier alpha value is -2.73. The molecule has 0 spiro atoms. The Kier molecular flexibility index (Phi) is 5.62. The van der Waals surface area contributed by atoms with Gasteiger partial charge in [0.2, 0.25) is 5.91 Å². The molecule has 3 aromatic rings. The molecule has 150 valence electrons. The molecule has 1 saturated heterocycles. The summed E-state index contributed by atoms with van der Waals surface area (Å²) in [6.07, 6.45) is 3.41. The van der Waals surface area contributed by atoms with E-state index in [0.29, 0.717) is 13.1 Å². The molecular weight excluding hydrogens is 382 g/mol. The standard InChI is InChI=1S/C23H25N3O2S/c1-16(27)26-14-10-17(15-26)21-19-8-3-4-9-20(19)29-22(21)23(28)25(2)13-11-18-7-5-6-12-24-18/h3-9,12,17H,10-11,13-15H2,1-2H3. The lowest BCUT2D eigenvalue weighted by molar-refractivity contribution is -0.127. The molecule has 3 heterocycles. The average molecular weight is 408 g/mol. The van der Waals surface area contributed by atoms with Crippen molar-refractivity contribution in [2.45, 2.75) is 25.7 Å². The molecule has 29 heavy (non-hydrogen) atoms. The number of carbonyl (C=O) groups is 2. The number of carbonyl (C=O) groups excluding carboxylic acids is 2. The first-order valence-corrected chi connectivity index (χ1v) is 10.8. The van der Waals surface area contributed by atoms with Crippen LogP contribution in [0.1, 0.15) is 40.2 Å². The second kappa shape index (κ2) is 8.33. The third-order valence-corrected chi connectivity index (χ3v) is 6.82. The lowest BCUT2D eigenvalue weighted by atomic mass is 9.95. The van der Waals surface area contributed by atoms with E-state index in [0.717, 1.165) is 45.6 Å². The van der Waals surface area contributed by atoms with Gasteiger partial charge in [-0.1, -0.05) is 24.3 Å². The number of rotatable bonds is 5. The molecular formula is C23H25N3O2S. The summed E-state index contributed by atoms with van der Waals surface area (Å²) >= 11 is 1.57. The third kappa shape index (κ3) is 4.03. The molecule has 2 aromatic heterocycles. The SMILES string of the molecule is CC(=O)N1CCC(c2c(C(=O)N(C)CCc3ccccn3)sc3ccccc23)C1. The largest absolute Gasteiger partial charge is 0.342 e. The van der Waals surface area contributed by atoms with Gasteiger partial charge in [-0.05, 0) is 35.6 Å². The van der Waals surface area contributed by atoms with Gasteiger partial charge in [-0.3, -0.25) is 14.6 Å². The van der Waals surface area contributed by atoms with Crippen molar-refractivity contribution < 1.29 is 9.59 Å². The molecule has 1 unspecified atom stereocenters. The van der Waals surface area contributed by atoms with Crippen LogP contribution in [0.15, 0.2) is 48.7 Å². The smallest absolute Gasteiger partial charge is 0.264 e. The summed E-state index contributed by atoms with van der Waals surface area (Å²) in [4.78, 5) is 34.0. The van der Waals surface area contributed by atoms with Gasteiger partial charge >= 0.3 is 0 Å². The molecule has 4 rings (SSSR count). The highest BCUT2D eigenvalue weighted by molar-refractivity contribution is 7.21. The number of fused-ring (bicyclic) bond motifs is 1. The maximum atomic E-state index is 13.4. The third-order valence-electron chi connectivity index (χ3n) is 5.65. The lowest BCUT2D eigenvalue weighted by Crippen LogP contribution is -2.29. The van der Waals surface area contributed by atoms with Crippen molar-refractivity contribution in [3.05, 3.63) is 64.8 Å². The van der Waals surface area contributed by atoms with Gasteiger partial charge in [-0.15, -0.1) is 11.3 Å². The number of likely N-dealkylation sites (N-methyl/N-ethyl adjacent to an activating group) is 1. The molecule has 0 bridgehead atoms. The highest BCUT2D eigenvalue weighted by Gasteiger charge is 2.32. The lowest BCUT2D eigenvalue weighted by Gasteiger charge is -2.19.